The van der Waals surface area contributed by atoms with E-state index in [9.17, 15) is 4.79 Å². The topological polar surface area (TPSA) is 46.9 Å². The van der Waals surface area contributed by atoms with Gasteiger partial charge in [0.1, 0.15) is 6.10 Å². The van der Waals surface area contributed by atoms with Crippen LogP contribution in [0.15, 0.2) is 24.3 Å². The fourth-order valence-corrected chi connectivity index (χ4v) is 2.30. The number of nitrogens with zero attached hydrogens (tertiary/aromatic N) is 3. The van der Waals surface area contributed by atoms with Crippen LogP contribution in [-0.4, -0.2) is 49.8 Å². The molecule has 22 heavy (non-hydrogen) atoms. The summed E-state index contributed by atoms with van der Waals surface area (Å²) in [6.45, 7) is 7.62. The second kappa shape index (κ2) is 9.57. The number of carbonyl (C=O) groups excluding carboxylic acids is 1. The molecule has 1 aliphatic heterocycles. The van der Waals surface area contributed by atoms with Crippen molar-refractivity contribution in [3.05, 3.63) is 42.2 Å². The van der Waals surface area contributed by atoms with E-state index in [4.69, 9.17) is 4.74 Å². The molecule has 1 fully saturated rings. The van der Waals surface area contributed by atoms with E-state index in [1.165, 1.54) is 5.56 Å². The van der Waals surface area contributed by atoms with E-state index in [0.717, 1.165) is 25.3 Å². The normalized spacial score (nSPS) is 17.5. The second-order valence-electron chi connectivity index (χ2n) is 5.29. The molecule has 1 unspecified atom stereocenters. The van der Waals surface area contributed by atoms with E-state index in [1.807, 2.05) is 43.0 Å². The van der Waals surface area contributed by atoms with Crippen LogP contribution >= 0.6 is 0 Å². The van der Waals surface area contributed by atoms with E-state index in [1.54, 1.807) is 4.90 Å². The van der Waals surface area contributed by atoms with Gasteiger partial charge in [-0.3, -0.25) is 11.9 Å². The van der Waals surface area contributed by atoms with E-state index in [-0.39, 0.29) is 43.3 Å². The van der Waals surface area contributed by atoms with Crippen LogP contribution < -0.4 is 4.90 Å². The zero-order valence-electron chi connectivity index (χ0n) is 13.3. The number of hydrogen-bond donors (Lipinski definition) is 0. The summed E-state index contributed by atoms with van der Waals surface area (Å²) in [6.07, 6.45) is -0.423. The second-order valence-corrected chi connectivity index (χ2v) is 5.29. The van der Waals surface area contributed by atoms with Crippen LogP contribution in [0.2, 0.25) is 0 Å². The molecule has 1 amide bonds. The number of cyclic esters (lactones) is 1. The predicted molar refractivity (Wildman–Crippen MR) is 84.5 cm³/mol. The maximum absolute atomic E-state index is 12.0. The fourth-order valence-electron chi connectivity index (χ4n) is 2.30. The third-order valence-electron chi connectivity index (χ3n) is 3.48. The Bertz CT molecular complexity index is 467. The first-order valence-electron chi connectivity index (χ1n) is 7.33. The third-order valence-corrected chi connectivity index (χ3v) is 3.48. The summed E-state index contributed by atoms with van der Waals surface area (Å²) in [6, 6.07) is 7.88. The van der Waals surface area contributed by atoms with Gasteiger partial charge >= 0.3 is 37.2 Å². The fraction of sp³-hybridized carbons (Fsp3) is 0.500. The van der Waals surface area contributed by atoms with Crippen molar-refractivity contribution in [1.82, 2.24) is 4.90 Å². The summed E-state index contributed by atoms with van der Waals surface area (Å²) in [5.41, 5.74) is 2.05. The molecule has 118 valence electrons. The van der Waals surface area contributed by atoms with Gasteiger partial charge in [-0.2, -0.15) is 6.54 Å². The van der Waals surface area contributed by atoms with Gasteiger partial charge in [0.05, 0.1) is 6.54 Å². The number of benzene rings is 1. The first-order chi connectivity index (χ1) is 10.1. The maximum Gasteiger partial charge on any atom is 2.00 e. The number of likely N-dealkylation sites (N-methyl/N-ethyl adjacent to an activating group) is 1. The molecule has 0 radical (unpaired) electrons. The van der Waals surface area contributed by atoms with Gasteiger partial charge in [-0.05, 0) is 25.6 Å². The summed E-state index contributed by atoms with van der Waals surface area (Å²) in [4.78, 5) is 15.5. The maximum atomic E-state index is 12.0. The number of aryl methyl sites for hydroxylation is 1. The minimum Gasteiger partial charge on any atom is -0.662 e. The number of carbonyl (C=O) groups is 1. The first-order valence-corrected chi connectivity index (χ1v) is 7.33. The van der Waals surface area contributed by atoms with Gasteiger partial charge < -0.3 is 15.0 Å². The number of ether oxygens (including phenoxy) is 1. The Morgan fingerprint density at radius 2 is 2.09 bits per heavy atom. The van der Waals surface area contributed by atoms with Crippen molar-refractivity contribution in [1.29, 1.82) is 0 Å². The molecule has 0 aromatic heterocycles. The summed E-state index contributed by atoms with van der Waals surface area (Å²) in [5.74, 6) is 0. The average Bonchev–Trinajstić information content (AvgIpc) is 2.80. The molecule has 0 aliphatic carbocycles. The van der Waals surface area contributed by atoms with Crippen LogP contribution in [0.25, 0.3) is 5.32 Å². The molecule has 0 saturated carbocycles. The Morgan fingerprint density at radius 1 is 1.41 bits per heavy atom. The third kappa shape index (κ3) is 5.59. The quantitative estimate of drug-likeness (QED) is 0.405. The van der Waals surface area contributed by atoms with Crippen molar-refractivity contribution in [3.63, 3.8) is 0 Å². The molecule has 1 aromatic carbocycles. The van der Waals surface area contributed by atoms with Gasteiger partial charge in [0.2, 0.25) is 0 Å². The summed E-state index contributed by atoms with van der Waals surface area (Å²) in [7, 11) is 3.97. The van der Waals surface area contributed by atoms with Gasteiger partial charge in [0.15, 0.2) is 0 Å². The van der Waals surface area contributed by atoms with Crippen molar-refractivity contribution in [2.24, 2.45) is 0 Å². The molecule has 5 nitrogen and oxygen atoms in total. The van der Waals surface area contributed by atoms with Crippen LogP contribution in [-0.2, 0) is 4.74 Å². The first kappa shape index (κ1) is 19.5. The number of rotatable bonds is 7. The average molecular weight is 527 g/mol. The molecule has 1 aromatic rings. The molecule has 0 bridgehead atoms. The number of hydrogen-bond acceptors (Lipinski definition) is 3. The summed E-state index contributed by atoms with van der Waals surface area (Å²) >= 11 is 0. The molecule has 2 rings (SSSR count). The molecule has 0 spiro atoms. The predicted octanol–water partition coefficient (Wildman–Crippen LogP) is 2.81. The van der Waals surface area contributed by atoms with Gasteiger partial charge in [0, 0.05) is 12.2 Å². The SMILES string of the molecule is [CH2-]N(CC[N-]CC)CC1CN(c2ccc(C)cc2)C(=O)O1.[U+2]. The van der Waals surface area contributed by atoms with Crippen LogP contribution in [0.3, 0.4) is 0 Å². The van der Waals surface area contributed by atoms with E-state index < -0.39 is 0 Å². The molecular formula is C16H23N3O2U. The molecule has 1 saturated heterocycles. The van der Waals surface area contributed by atoms with Crippen LogP contribution in [0, 0.1) is 45.1 Å². The van der Waals surface area contributed by atoms with Crippen molar-refractivity contribution >= 4 is 11.8 Å². The Morgan fingerprint density at radius 3 is 2.73 bits per heavy atom. The monoisotopic (exact) mass is 527 g/mol. The van der Waals surface area contributed by atoms with E-state index in [0.29, 0.717) is 13.1 Å². The van der Waals surface area contributed by atoms with Crippen molar-refractivity contribution in [2.45, 2.75) is 20.0 Å². The van der Waals surface area contributed by atoms with Crippen molar-refractivity contribution in [3.8, 4) is 0 Å². The zero-order chi connectivity index (χ0) is 15.2. The van der Waals surface area contributed by atoms with Crippen LogP contribution in [0.1, 0.15) is 12.5 Å². The van der Waals surface area contributed by atoms with Gasteiger partial charge in [-0.15, -0.1) is 6.54 Å². The molecule has 1 atom stereocenters. The minimum absolute atomic E-state index is 0. The zero-order valence-corrected chi connectivity index (χ0v) is 17.5. The molecular weight excluding hydrogens is 504 g/mol. The molecule has 6 heteroatoms. The van der Waals surface area contributed by atoms with E-state index >= 15 is 0 Å². The van der Waals surface area contributed by atoms with Gasteiger partial charge in [-0.25, -0.2) is 4.79 Å². The summed E-state index contributed by atoms with van der Waals surface area (Å²) < 4.78 is 5.41. The molecule has 1 heterocycles. The van der Waals surface area contributed by atoms with Crippen molar-refractivity contribution in [2.75, 3.05) is 37.6 Å². The molecule has 1 aliphatic rings. The van der Waals surface area contributed by atoms with Crippen LogP contribution in [0.5, 0.6) is 0 Å². The Balaban J connectivity index is 0.00000242. The molecule has 0 N–H and O–H groups in total. The number of amides is 1. The Labute approximate surface area is 156 Å². The number of anilines is 1. The van der Waals surface area contributed by atoms with Crippen molar-refractivity contribution < 1.29 is 40.6 Å². The van der Waals surface area contributed by atoms with Gasteiger partial charge in [-0.1, -0.05) is 24.6 Å². The Hall–Kier alpha value is -0.538. The summed E-state index contributed by atoms with van der Waals surface area (Å²) in [5, 5.41) is 4.27. The smallest absolute Gasteiger partial charge is 0.662 e. The van der Waals surface area contributed by atoms with Gasteiger partial charge in [0.25, 0.3) is 0 Å². The standard InChI is InChI=1S/C16H23N3O2.U/c1-4-17-9-10-18(3)11-15-12-19(16(20)21-15)14-7-5-13(2)6-8-14;/h5-8,15H,3-4,9-12H2,1-2H3;/q-2;+2. The Kier molecular flexibility index (Phi) is 8.48. The largest absolute Gasteiger partial charge is 2.00 e. The minimum atomic E-state index is -0.282. The van der Waals surface area contributed by atoms with Crippen LogP contribution in [0.4, 0.5) is 10.5 Å². The van der Waals surface area contributed by atoms with E-state index in [2.05, 4.69) is 12.4 Å².